The summed E-state index contributed by atoms with van der Waals surface area (Å²) < 4.78 is 10.2. The summed E-state index contributed by atoms with van der Waals surface area (Å²) in [6.07, 6.45) is 0.918. The van der Waals surface area contributed by atoms with Crippen molar-refractivity contribution in [2.24, 2.45) is 0 Å². The lowest BCUT2D eigenvalue weighted by molar-refractivity contribution is 0.114. The lowest BCUT2D eigenvalue weighted by Crippen LogP contribution is -2.32. The van der Waals surface area contributed by atoms with Crippen LogP contribution in [0.25, 0.3) is 0 Å². The lowest BCUT2D eigenvalue weighted by Gasteiger charge is -2.20. The van der Waals surface area contributed by atoms with Crippen LogP contribution in [-0.2, 0) is 15.9 Å². The molecule has 0 saturated heterocycles. The van der Waals surface area contributed by atoms with Crippen LogP contribution in [0.3, 0.4) is 0 Å². The van der Waals surface area contributed by atoms with Crippen LogP contribution in [0, 0.1) is 0 Å². The molecule has 0 aliphatic rings. The standard InChI is InChI=1S/C11H21N3O2S/c1-15-7-5-14(6-8-16-2)4-3-10-9-17-11(12)13-10/h9H,3-8H2,1-2H3,(H2,12,13). The summed E-state index contributed by atoms with van der Waals surface area (Å²) in [5.74, 6) is 0. The zero-order valence-corrected chi connectivity index (χ0v) is 11.3. The van der Waals surface area contributed by atoms with Gasteiger partial charge >= 0.3 is 0 Å². The van der Waals surface area contributed by atoms with E-state index < -0.39 is 0 Å². The first kappa shape index (κ1) is 14.4. The van der Waals surface area contributed by atoms with Crippen LogP contribution >= 0.6 is 11.3 Å². The van der Waals surface area contributed by atoms with Crippen molar-refractivity contribution in [1.29, 1.82) is 0 Å². The Bertz CT molecular complexity index is 299. The van der Waals surface area contributed by atoms with Crippen LogP contribution in [0.2, 0.25) is 0 Å². The molecule has 98 valence electrons. The molecule has 0 radical (unpaired) electrons. The number of nitrogens with two attached hydrogens (primary N) is 1. The molecule has 6 heteroatoms. The molecule has 5 nitrogen and oxygen atoms in total. The van der Waals surface area contributed by atoms with Crippen LogP contribution in [-0.4, -0.2) is 57.0 Å². The van der Waals surface area contributed by atoms with E-state index in [1.165, 1.54) is 11.3 Å². The number of anilines is 1. The molecule has 1 rings (SSSR count). The Balaban J connectivity index is 2.31. The Morgan fingerprint density at radius 1 is 1.24 bits per heavy atom. The molecule has 17 heavy (non-hydrogen) atoms. The Morgan fingerprint density at radius 2 is 1.88 bits per heavy atom. The van der Waals surface area contributed by atoms with E-state index in [1.54, 1.807) is 14.2 Å². The number of aromatic nitrogens is 1. The first-order chi connectivity index (χ1) is 8.26. The van der Waals surface area contributed by atoms with E-state index in [9.17, 15) is 0 Å². The molecule has 0 aromatic carbocycles. The number of methoxy groups -OCH3 is 2. The summed E-state index contributed by atoms with van der Waals surface area (Å²) in [5.41, 5.74) is 6.66. The van der Waals surface area contributed by atoms with Gasteiger partial charge in [-0.3, -0.25) is 4.90 Å². The minimum Gasteiger partial charge on any atom is -0.383 e. The maximum Gasteiger partial charge on any atom is 0.180 e. The molecule has 0 aliphatic heterocycles. The monoisotopic (exact) mass is 259 g/mol. The van der Waals surface area contributed by atoms with Gasteiger partial charge in [0.1, 0.15) is 0 Å². The maximum absolute atomic E-state index is 5.60. The second-order valence-electron chi connectivity index (χ2n) is 3.75. The molecule has 1 heterocycles. The van der Waals surface area contributed by atoms with Gasteiger partial charge in [-0.25, -0.2) is 4.98 Å². The van der Waals surface area contributed by atoms with E-state index in [2.05, 4.69) is 9.88 Å². The number of nitrogen functional groups attached to an aromatic ring is 1. The van der Waals surface area contributed by atoms with Gasteiger partial charge in [-0.05, 0) is 0 Å². The fourth-order valence-electron chi connectivity index (χ4n) is 1.49. The Kier molecular flexibility index (Phi) is 7.11. The molecule has 0 amide bonds. The first-order valence-electron chi connectivity index (χ1n) is 5.66. The smallest absolute Gasteiger partial charge is 0.180 e. The largest absolute Gasteiger partial charge is 0.383 e. The van der Waals surface area contributed by atoms with Gasteiger partial charge in [-0.1, -0.05) is 0 Å². The fourth-order valence-corrected chi connectivity index (χ4v) is 2.08. The van der Waals surface area contributed by atoms with E-state index in [1.807, 2.05) is 5.38 Å². The highest BCUT2D eigenvalue weighted by Gasteiger charge is 2.06. The van der Waals surface area contributed by atoms with Crippen molar-refractivity contribution >= 4 is 16.5 Å². The van der Waals surface area contributed by atoms with Crippen molar-refractivity contribution in [1.82, 2.24) is 9.88 Å². The van der Waals surface area contributed by atoms with Crippen molar-refractivity contribution in [3.63, 3.8) is 0 Å². The highest BCUT2D eigenvalue weighted by Crippen LogP contribution is 2.11. The van der Waals surface area contributed by atoms with Gasteiger partial charge in [-0.2, -0.15) is 0 Å². The van der Waals surface area contributed by atoms with Crippen LogP contribution in [0.5, 0.6) is 0 Å². The molecule has 1 aromatic heterocycles. The average molecular weight is 259 g/mol. The molecule has 0 bridgehead atoms. The first-order valence-corrected chi connectivity index (χ1v) is 6.54. The summed E-state index contributed by atoms with van der Waals surface area (Å²) in [7, 11) is 3.44. The Morgan fingerprint density at radius 3 is 2.35 bits per heavy atom. The molecule has 1 aromatic rings. The highest BCUT2D eigenvalue weighted by atomic mass is 32.1. The molecule has 0 saturated carbocycles. The molecule has 0 unspecified atom stereocenters. The lowest BCUT2D eigenvalue weighted by atomic mass is 10.3. The summed E-state index contributed by atoms with van der Waals surface area (Å²) in [6, 6.07) is 0. The Hall–Kier alpha value is -0.690. The quantitative estimate of drug-likeness (QED) is 0.713. The SMILES string of the molecule is COCCN(CCOC)CCc1csc(N)n1. The van der Waals surface area contributed by atoms with E-state index in [4.69, 9.17) is 15.2 Å². The van der Waals surface area contributed by atoms with Gasteiger partial charge in [0, 0.05) is 45.7 Å². The van der Waals surface area contributed by atoms with Crippen molar-refractivity contribution in [2.75, 3.05) is 52.8 Å². The zero-order chi connectivity index (χ0) is 12.5. The van der Waals surface area contributed by atoms with Gasteiger partial charge in [0.05, 0.1) is 18.9 Å². The van der Waals surface area contributed by atoms with Gasteiger partial charge in [0.2, 0.25) is 0 Å². The number of ether oxygens (including phenoxy) is 2. The van der Waals surface area contributed by atoms with Gasteiger partial charge in [-0.15, -0.1) is 11.3 Å². The van der Waals surface area contributed by atoms with Gasteiger partial charge in [0.25, 0.3) is 0 Å². The molecule has 0 aliphatic carbocycles. The molecule has 2 N–H and O–H groups in total. The topological polar surface area (TPSA) is 60.6 Å². The summed E-state index contributed by atoms with van der Waals surface area (Å²) >= 11 is 1.49. The number of thiazole rings is 1. The average Bonchev–Trinajstić information content (AvgIpc) is 2.74. The maximum atomic E-state index is 5.60. The number of rotatable bonds is 9. The molecule has 0 atom stereocenters. The van der Waals surface area contributed by atoms with Crippen molar-refractivity contribution < 1.29 is 9.47 Å². The number of nitrogens with zero attached hydrogens (tertiary/aromatic N) is 2. The van der Waals surface area contributed by atoms with Crippen LogP contribution < -0.4 is 5.73 Å². The molecular weight excluding hydrogens is 238 g/mol. The zero-order valence-electron chi connectivity index (χ0n) is 10.5. The van der Waals surface area contributed by atoms with E-state index >= 15 is 0 Å². The second kappa shape index (κ2) is 8.41. The summed E-state index contributed by atoms with van der Waals surface area (Å²) in [4.78, 5) is 6.56. The number of hydrogen-bond donors (Lipinski definition) is 1. The molecular formula is C11H21N3O2S. The fraction of sp³-hybridized carbons (Fsp3) is 0.727. The van der Waals surface area contributed by atoms with Crippen LogP contribution in [0.1, 0.15) is 5.69 Å². The predicted molar refractivity (Wildman–Crippen MR) is 70.4 cm³/mol. The minimum absolute atomic E-state index is 0.639. The van der Waals surface area contributed by atoms with Crippen molar-refractivity contribution in [3.05, 3.63) is 11.1 Å². The third kappa shape index (κ3) is 5.97. The molecule has 0 spiro atoms. The number of hydrogen-bond acceptors (Lipinski definition) is 6. The third-order valence-electron chi connectivity index (χ3n) is 2.48. The molecule has 0 fully saturated rings. The van der Waals surface area contributed by atoms with E-state index in [-0.39, 0.29) is 0 Å². The van der Waals surface area contributed by atoms with Gasteiger partial charge in [0.15, 0.2) is 5.13 Å². The minimum atomic E-state index is 0.639. The van der Waals surface area contributed by atoms with Gasteiger partial charge < -0.3 is 15.2 Å². The third-order valence-corrected chi connectivity index (χ3v) is 3.20. The van der Waals surface area contributed by atoms with Crippen LogP contribution in [0.4, 0.5) is 5.13 Å². The summed E-state index contributed by atoms with van der Waals surface area (Å²) in [6.45, 7) is 4.26. The normalized spacial score (nSPS) is 11.2. The van der Waals surface area contributed by atoms with E-state index in [0.29, 0.717) is 5.13 Å². The summed E-state index contributed by atoms with van der Waals surface area (Å²) in [5, 5.41) is 2.65. The Labute approximate surface area is 107 Å². The van der Waals surface area contributed by atoms with Crippen molar-refractivity contribution in [3.8, 4) is 0 Å². The van der Waals surface area contributed by atoms with Crippen LogP contribution in [0.15, 0.2) is 5.38 Å². The van der Waals surface area contributed by atoms with E-state index in [0.717, 1.165) is 45.0 Å². The van der Waals surface area contributed by atoms with Crippen molar-refractivity contribution in [2.45, 2.75) is 6.42 Å². The highest BCUT2D eigenvalue weighted by molar-refractivity contribution is 7.13. The predicted octanol–water partition coefficient (Wildman–Crippen LogP) is 0.863. The second-order valence-corrected chi connectivity index (χ2v) is 4.64.